The molecule has 2 aromatic rings. The van der Waals surface area contributed by atoms with Gasteiger partial charge in [0.05, 0.1) is 6.26 Å². The summed E-state index contributed by atoms with van der Waals surface area (Å²) in [6, 6.07) is 4.91. The van der Waals surface area contributed by atoms with E-state index < -0.39 is 11.6 Å². The Hall–Kier alpha value is -1.88. The van der Waals surface area contributed by atoms with E-state index in [9.17, 15) is 8.78 Å². The maximum Gasteiger partial charge on any atom is 0.146 e. The van der Waals surface area contributed by atoms with Gasteiger partial charge in [0.25, 0.3) is 0 Å². The molecule has 1 heterocycles. The van der Waals surface area contributed by atoms with Crippen LogP contribution in [0.15, 0.2) is 34.9 Å². The molecule has 0 spiro atoms. The molecule has 102 valence electrons. The van der Waals surface area contributed by atoms with Gasteiger partial charge < -0.3 is 14.5 Å². The lowest BCUT2D eigenvalue weighted by Crippen LogP contribution is -2.12. The lowest BCUT2D eigenvalue weighted by molar-refractivity contribution is 0.265. The van der Waals surface area contributed by atoms with Crippen LogP contribution in [0.1, 0.15) is 18.2 Å². The van der Waals surface area contributed by atoms with Crippen molar-refractivity contribution in [3.63, 3.8) is 0 Å². The van der Waals surface area contributed by atoms with Crippen LogP contribution in [-0.4, -0.2) is 6.54 Å². The van der Waals surface area contributed by atoms with E-state index in [1.165, 1.54) is 0 Å². The zero-order valence-electron chi connectivity index (χ0n) is 10.6. The molecule has 0 radical (unpaired) electrons. The fourth-order valence-corrected chi connectivity index (χ4v) is 1.67. The van der Waals surface area contributed by atoms with Crippen molar-refractivity contribution in [1.82, 2.24) is 5.32 Å². The summed E-state index contributed by atoms with van der Waals surface area (Å²) in [5, 5.41) is 3.17. The van der Waals surface area contributed by atoms with Crippen LogP contribution in [0, 0.1) is 11.6 Å². The van der Waals surface area contributed by atoms with E-state index in [0.717, 1.165) is 30.3 Å². The van der Waals surface area contributed by atoms with Gasteiger partial charge in [-0.15, -0.1) is 0 Å². The molecule has 0 bridgehead atoms. The number of hydrogen-bond donors (Lipinski definition) is 1. The van der Waals surface area contributed by atoms with Gasteiger partial charge in [0.1, 0.15) is 29.8 Å². The Balaban J connectivity index is 2.00. The number of rotatable bonds is 6. The second-order valence-electron chi connectivity index (χ2n) is 4.04. The molecule has 0 aliphatic carbocycles. The first kappa shape index (κ1) is 13.5. The number of nitrogens with one attached hydrogen (secondary N) is 1. The van der Waals surface area contributed by atoms with Gasteiger partial charge >= 0.3 is 0 Å². The average Bonchev–Trinajstić information content (AvgIpc) is 2.80. The van der Waals surface area contributed by atoms with Gasteiger partial charge in [-0.05, 0) is 12.6 Å². The molecule has 0 unspecified atom stereocenters. The molecule has 1 N–H and O–H groups in total. The lowest BCUT2D eigenvalue weighted by atomic mass is 10.2. The SMILES string of the molecule is CCNCc1ccoc1COc1cc(F)cc(F)c1. The molecule has 19 heavy (non-hydrogen) atoms. The summed E-state index contributed by atoms with van der Waals surface area (Å²) in [5.41, 5.74) is 0.971. The first-order valence-corrected chi connectivity index (χ1v) is 6.04. The highest BCUT2D eigenvalue weighted by atomic mass is 19.1. The van der Waals surface area contributed by atoms with E-state index in [4.69, 9.17) is 9.15 Å². The number of halogens is 2. The van der Waals surface area contributed by atoms with E-state index >= 15 is 0 Å². The molecule has 0 saturated carbocycles. The van der Waals surface area contributed by atoms with Gasteiger partial charge in [-0.2, -0.15) is 0 Å². The Morgan fingerprint density at radius 1 is 1.21 bits per heavy atom. The summed E-state index contributed by atoms with van der Waals surface area (Å²) < 4.78 is 36.6. The Morgan fingerprint density at radius 2 is 1.95 bits per heavy atom. The summed E-state index contributed by atoms with van der Waals surface area (Å²) in [6.45, 7) is 3.66. The summed E-state index contributed by atoms with van der Waals surface area (Å²) in [4.78, 5) is 0. The van der Waals surface area contributed by atoms with Crippen molar-refractivity contribution in [2.45, 2.75) is 20.1 Å². The van der Waals surface area contributed by atoms with Gasteiger partial charge in [-0.3, -0.25) is 0 Å². The third-order valence-electron chi connectivity index (χ3n) is 2.61. The summed E-state index contributed by atoms with van der Waals surface area (Å²) >= 11 is 0. The standard InChI is InChI=1S/C14H15F2NO2/c1-2-17-8-10-3-4-18-14(10)9-19-13-6-11(15)5-12(16)7-13/h3-7,17H,2,8-9H2,1H3. The predicted molar refractivity (Wildman–Crippen MR) is 66.8 cm³/mol. The van der Waals surface area contributed by atoms with E-state index in [1.54, 1.807) is 6.26 Å². The van der Waals surface area contributed by atoms with Crippen molar-refractivity contribution in [3.8, 4) is 5.75 Å². The molecule has 0 atom stereocenters. The third-order valence-corrected chi connectivity index (χ3v) is 2.61. The lowest BCUT2D eigenvalue weighted by Gasteiger charge is -2.07. The molecule has 1 aromatic carbocycles. The largest absolute Gasteiger partial charge is 0.485 e. The van der Waals surface area contributed by atoms with Crippen molar-refractivity contribution in [3.05, 3.63) is 53.5 Å². The minimum Gasteiger partial charge on any atom is -0.485 e. The smallest absolute Gasteiger partial charge is 0.146 e. The van der Waals surface area contributed by atoms with Crippen LogP contribution in [0.2, 0.25) is 0 Å². The Labute approximate surface area is 110 Å². The first-order chi connectivity index (χ1) is 9.19. The van der Waals surface area contributed by atoms with E-state index in [-0.39, 0.29) is 12.4 Å². The van der Waals surface area contributed by atoms with Crippen LogP contribution in [-0.2, 0) is 13.2 Å². The highest BCUT2D eigenvalue weighted by Crippen LogP contribution is 2.18. The Kier molecular flexibility index (Phi) is 4.52. The number of ether oxygens (including phenoxy) is 1. The summed E-state index contributed by atoms with van der Waals surface area (Å²) in [7, 11) is 0. The maximum atomic E-state index is 13.0. The normalized spacial score (nSPS) is 10.7. The molecular weight excluding hydrogens is 252 g/mol. The molecule has 5 heteroatoms. The number of furan rings is 1. The Bertz CT molecular complexity index is 520. The summed E-state index contributed by atoms with van der Waals surface area (Å²) in [6.07, 6.45) is 1.57. The summed E-state index contributed by atoms with van der Waals surface area (Å²) in [5.74, 6) is -0.543. The molecule has 0 saturated heterocycles. The average molecular weight is 267 g/mol. The third kappa shape index (κ3) is 3.79. The molecule has 0 aliphatic heterocycles. The van der Waals surface area contributed by atoms with E-state index in [0.29, 0.717) is 12.3 Å². The molecule has 0 fully saturated rings. The van der Waals surface area contributed by atoms with Crippen LogP contribution in [0.5, 0.6) is 5.75 Å². The fraction of sp³-hybridized carbons (Fsp3) is 0.286. The van der Waals surface area contributed by atoms with E-state index in [1.807, 2.05) is 13.0 Å². The zero-order valence-corrected chi connectivity index (χ0v) is 10.6. The monoisotopic (exact) mass is 267 g/mol. The maximum absolute atomic E-state index is 13.0. The zero-order chi connectivity index (χ0) is 13.7. The van der Waals surface area contributed by atoms with Crippen molar-refractivity contribution in [1.29, 1.82) is 0 Å². The Morgan fingerprint density at radius 3 is 2.63 bits per heavy atom. The van der Waals surface area contributed by atoms with Crippen LogP contribution in [0.25, 0.3) is 0 Å². The number of hydrogen-bond acceptors (Lipinski definition) is 3. The van der Waals surface area contributed by atoms with Gasteiger partial charge in [-0.25, -0.2) is 8.78 Å². The molecular formula is C14H15F2NO2. The minimum atomic E-state index is -0.665. The molecule has 2 rings (SSSR count). The van der Waals surface area contributed by atoms with Crippen molar-refractivity contribution >= 4 is 0 Å². The highest BCUT2D eigenvalue weighted by molar-refractivity contribution is 5.24. The fourth-order valence-electron chi connectivity index (χ4n) is 1.67. The molecule has 0 amide bonds. The van der Waals surface area contributed by atoms with Crippen molar-refractivity contribution in [2.24, 2.45) is 0 Å². The van der Waals surface area contributed by atoms with Gasteiger partial charge in [0, 0.05) is 30.3 Å². The second-order valence-corrected chi connectivity index (χ2v) is 4.04. The molecule has 3 nitrogen and oxygen atoms in total. The molecule has 1 aromatic heterocycles. The van der Waals surface area contributed by atoms with Crippen molar-refractivity contribution in [2.75, 3.05) is 6.54 Å². The molecule has 0 aliphatic rings. The predicted octanol–water partition coefficient (Wildman–Crippen LogP) is 3.25. The van der Waals surface area contributed by atoms with Crippen LogP contribution in [0.3, 0.4) is 0 Å². The topological polar surface area (TPSA) is 34.4 Å². The van der Waals surface area contributed by atoms with Crippen LogP contribution < -0.4 is 10.1 Å². The van der Waals surface area contributed by atoms with Crippen molar-refractivity contribution < 1.29 is 17.9 Å². The van der Waals surface area contributed by atoms with Gasteiger partial charge in [-0.1, -0.05) is 6.92 Å². The minimum absolute atomic E-state index is 0.136. The van der Waals surface area contributed by atoms with Gasteiger partial charge in [0.2, 0.25) is 0 Å². The van der Waals surface area contributed by atoms with E-state index in [2.05, 4.69) is 5.32 Å². The first-order valence-electron chi connectivity index (χ1n) is 6.04. The van der Waals surface area contributed by atoms with Gasteiger partial charge in [0.15, 0.2) is 0 Å². The quantitative estimate of drug-likeness (QED) is 0.872. The van der Waals surface area contributed by atoms with Crippen LogP contribution in [0.4, 0.5) is 8.78 Å². The number of benzene rings is 1. The van der Waals surface area contributed by atoms with Crippen LogP contribution >= 0.6 is 0 Å². The highest BCUT2D eigenvalue weighted by Gasteiger charge is 2.08. The second kappa shape index (κ2) is 6.33.